The van der Waals surface area contributed by atoms with Gasteiger partial charge < -0.3 is 9.47 Å². The molecule has 5 rings (SSSR count). The van der Waals surface area contributed by atoms with Crippen LogP contribution in [0.2, 0.25) is 0 Å². The molecule has 1 saturated heterocycles. The Hall–Kier alpha value is -2.04. The fourth-order valence-electron chi connectivity index (χ4n) is 6.50. The molecule has 2 bridgehead atoms. The van der Waals surface area contributed by atoms with Gasteiger partial charge in [-0.2, -0.15) is 0 Å². The van der Waals surface area contributed by atoms with E-state index >= 15 is 0 Å². The molecule has 34 heavy (non-hydrogen) atoms. The smallest absolute Gasteiger partial charge is 0.413 e. The Kier molecular flexibility index (Phi) is 7.30. The van der Waals surface area contributed by atoms with Crippen LogP contribution >= 0.6 is 0 Å². The molecule has 1 aromatic carbocycles. The van der Waals surface area contributed by atoms with Gasteiger partial charge in [0.25, 0.3) is 0 Å². The lowest BCUT2D eigenvalue weighted by Crippen LogP contribution is -2.51. The Bertz CT molecular complexity index is 834. The molecule has 2 atom stereocenters. The summed E-state index contributed by atoms with van der Waals surface area (Å²) < 4.78 is 11.5. The Morgan fingerprint density at radius 2 is 1.65 bits per heavy atom. The first-order chi connectivity index (χ1) is 16.2. The lowest BCUT2D eigenvalue weighted by Gasteiger charge is -2.54. The van der Waals surface area contributed by atoms with E-state index in [2.05, 4.69) is 6.92 Å². The van der Waals surface area contributed by atoms with Crippen molar-refractivity contribution in [3.8, 4) is 0 Å². The molecule has 0 aromatic heterocycles. The van der Waals surface area contributed by atoms with Crippen molar-refractivity contribution < 1.29 is 19.1 Å². The zero-order chi connectivity index (χ0) is 24.4. The van der Waals surface area contributed by atoms with E-state index in [1.807, 2.05) is 51.1 Å². The molecule has 3 saturated carbocycles. The molecule has 3 aliphatic carbocycles. The van der Waals surface area contributed by atoms with Crippen molar-refractivity contribution in [1.82, 2.24) is 4.90 Å². The molecule has 0 unspecified atom stereocenters. The van der Waals surface area contributed by atoms with Crippen LogP contribution < -0.4 is 0 Å². The lowest BCUT2D eigenvalue weighted by atomic mass is 9.51. The van der Waals surface area contributed by atoms with Crippen molar-refractivity contribution in [2.75, 3.05) is 0 Å². The highest BCUT2D eigenvalue weighted by atomic mass is 16.6. The number of fused-ring (bicyclic) bond motifs is 3. The molecule has 188 valence electrons. The van der Waals surface area contributed by atoms with E-state index in [9.17, 15) is 9.59 Å². The number of unbranched alkanes of at least 4 members (excludes halogenated alkanes) is 2. The second-order valence-corrected chi connectivity index (χ2v) is 12.3. The van der Waals surface area contributed by atoms with Gasteiger partial charge in [-0.1, -0.05) is 77.3 Å². The molecule has 1 aliphatic heterocycles. The third kappa shape index (κ3) is 5.28. The molecule has 5 heteroatoms. The largest absolute Gasteiger partial charge is 0.444 e. The fourth-order valence-corrected chi connectivity index (χ4v) is 6.50. The summed E-state index contributed by atoms with van der Waals surface area (Å²) in [6.07, 6.45) is 12.2. The summed E-state index contributed by atoms with van der Waals surface area (Å²) in [6, 6.07) is 9.12. The minimum Gasteiger partial charge on any atom is -0.444 e. The second-order valence-electron chi connectivity index (χ2n) is 12.3. The van der Waals surface area contributed by atoms with Gasteiger partial charge >= 0.3 is 12.1 Å². The molecule has 4 fully saturated rings. The van der Waals surface area contributed by atoms with Crippen molar-refractivity contribution in [2.24, 2.45) is 16.2 Å². The number of hydrogen-bond acceptors (Lipinski definition) is 4. The normalized spacial score (nSPS) is 30.9. The summed E-state index contributed by atoms with van der Waals surface area (Å²) in [7, 11) is 0. The van der Waals surface area contributed by atoms with E-state index < -0.39 is 18.4 Å². The third-order valence-electron chi connectivity index (χ3n) is 8.74. The quantitative estimate of drug-likeness (QED) is 0.297. The lowest BCUT2D eigenvalue weighted by molar-refractivity contribution is -0.147. The number of rotatable bonds is 8. The van der Waals surface area contributed by atoms with Gasteiger partial charge in [0.1, 0.15) is 12.6 Å². The molecule has 1 aromatic rings. The number of benzene rings is 1. The van der Waals surface area contributed by atoms with E-state index in [0.717, 1.165) is 24.8 Å². The first kappa shape index (κ1) is 25.1. The van der Waals surface area contributed by atoms with Crippen LogP contribution in [0.3, 0.4) is 0 Å². The van der Waals surface area contributed by atoms with E-state index in [-0.39, 0.29) is 23.4 Å². The molecule has 1 heterocycles. The van der Waals surface area contributed by atoms with E-state index in [4.69, 9.17) is 9.47 Å². The Morgan fingerprint density at radius 3 is 2.24 bits per heavy atom. The SMILES string of the molecule is CCCCCC12CCC(C[C@H]3C(=O)O[C@@H](C(C)(C)C)N3C(=O)OCc3ccccc3)(CC1)CC2. The summed E-state index contributed by atoms with van der Waals surface area (Å²) in [4.78, 5) is 28.1. The van der Waals surface area contributed by atoms with Crippen LogP contribution in [0.1, 0.15) is 104 Å². The van der Waals surface area contributed by atoms with Gasteiger partial charge in [-0.25, -0.2) is 9.59 Å². The predicted molar refractivity (Wildman–Crippen MR) is 133 cm³/mol. The zero-order valence-electron chi connectivity index (χ0n) is 21.6. The van der Waals surface area contributed by atoms with Crippen LogP contribution in [-0.2, 0) is 20.9 Å². The van der Waals surface area contributed by atoms with Gasteiger partial charge in [-0.15, -0.1) is 0 Å². The molecule has 0 radical (unpaired) electrons. The number of carbonyl (C=O) groups is 2. The first-order valence-electron chi connectivity index (χ1n) is 13.4. The third-order valence-corrected chi connectivity index (χ3v) is 8.74. The van der Waals surface area contributed by atoms with Gasteiger partial charge in [-0.3, -0.25) is 4.90 Å². The van der Waals surface area contributed by atoms with Crippen molar-refractivity contribution in [2.45, 2.75) is 117 Å². The maximum Gasteiger partial charge on any atom is 0.413 e. The van der Waals surface area contributed by atoms with E-state index in [1.165, 1.54) is 44.9 Å². The fraction of sp³-hybridized carbons (Fsp3) is 0.724. The second kappa shape index (κ2) is 9.91. The highest BCUT2D eigenvalue weighted by Crippen LogP contribution is 2.61. The van der Waals surface area contributed by atoms with Crippen LogP contribution in [0.4, 0.5) is 4.79 Å². The van der Waals surface area contributed by atoms with Crippen molar-refractivity contribution >= 4 is 12.1 Å². The Labute approximate surface area is 205 Å². The topological polar surface area (TPSA) is 55.8 Å². The summed E-state index contributed by atoms with van der Waals surface area (Å²) in [5.74, 6) is -0.267. The average Bonchev–Trinajstić information content (AvgIpc) is 3.16. The number of cyclic esters (lactones) is 1. The Morgan fingerprint density at radius 1 is 1.03 bits per heavy atom. The summed E-state index contributed by atoms with van der Waals surface area (Å²) in [6.45, 7) is 8.49. The highest BCUT2D eigenvalue weighted by molar-refractivity contribution is 5.84. The number of nitrogens with zero attached hydrogens (tertiary/aromatic N) is 1. The number of esters is 1. The zero-order valence-corrected chi connectivity index (χ0v) is 21.6. The maximum absolute atomic E-state index is 13.3. The number of ether oxygens (including phenoxy) is 2. The average molecular weight is 470 g/mol. The van der Waals surface area contributed by atoms with Crippen LogP contribution in [0.5, 0.6) is 0 Å². The Balaban J connectivity index is 1.46. The van der Waals surface area contributed by atoms with Gasteiger partial charge in [0.15, 0.2) is 6.23 Å². The molecule has 5 nitrogen and oxygen atoms in total. The van der Waals surface area contributed by atoms with Gasteiger partial charge in [0, 0.05) is 5.41 Å². The van der Waals surface area contributed by atoms with E-state index in [1.54, 1.807) is 4.90 Å². The van der Waals surface area contributed by atoms with Crippen LogP contribution in [0, 0.1) is 16.2 Å². The maximum atomic E-state index is 13.3. The number of amides is 1. The molecule has 1 amide bonds. The summed E-state index contributed by atoms with van der Waals surface area (Å²) in [5, 5.41) is 0. The molecule has 0 spiro atoms. The number of hydrogen-bond donors (Lipinski definition) is 0. The highest BCUT2D eigenvalue weighted by Gasteiger charge is 2.55. The monoisotopic (exact) mass is 469 g/mol. The van der Waals surface area contributed by atoms with Gasteiger partial charge in [0.05, 0.1) is 0 Å². The number of carbonyl (C=O) groups excluding carboxylic acids is 2. The first-order valence-corrected chi connectivity index (χ1v) is 13.4. The van der Waals surface area contributed by atoms with Gasteiger partial charge in [0.2, 0.25) is 0 Å². The van der Waals surface area contributed by atoms with Crippen molar-refractivity contribution in [3.05, 3.63) is 35.9 Å². The van der Waals surface area contributed by atoms with E-state index in [0.29, 0.717) is 11.8 Å². The molecular formula is C29H43NO4. The molecular weight excluding hydrogens is 426 g/mol. The molecule has 4 aliphatic rings. The van der Waals surface area contributed by atoms with Crippen LogP contribution in [0.25, 0.3) is 0 Å². The van der Waals surface area contributed by atoms with Gasteiger partial charge in [-0.05, 0) is 67.8 Å². The van der Waals surface area contributed by atoms with Crippen molar-refractivity contribution in [1.29, 1.82) is 0 Å². The summed E-state index contributed by atoms with van der Waals surface area (Å²) in [5.41, 5.74) is 1.21. The van der Waals surface area contributed by atoms with Crippen LogP contribution in [-0.4, -0.2) is 29.2 Å². The summed E-state index contributed by atoms with van der Waals surface area (Å²) >= 11 is 0. The minimum atomic E-state index is -0.606. The van der Waals surface area contributed by atoms with Crippen molar-refractivity contribution in [3.63, 3.8) is 0 Å². The standard InChI is InChI=1S/C29H43NO4/c1-5-6-10-13-28-14-17-29(18-15-28,19-16-28)20-23-24(31)34-25(27(2,3)4)30(23)26(32)33-21-22-11-8-7-9-12-22/h7-9,11-12,23,25H,5-6,10,13-21H2,1-4H3/t23-,25-,28?,29?/m0/s1. The predicted octanol–water partition coefficient (Wildman–Crippen LogP) is 7.23. The minimum absolute atomic E-state index is 0.140. The molecule has 0 N–H and O–H groups in total. The van der Waals surface area contributed by atoms with Crippen LogP contribution in [0.15, 0.2) is 30.3 Å².